The van der Waals surface area contributed by atoms with Gasteiger partial charge in [-0.3, -0.25) is 0 Å². The van der Waals surface area contributed by atoms with Gasteiger partial charge in [-0.1, -0.05) is 11.6 Å². The third kappa shape index (κ3) is 1.68. The summed E-state index contributed by atoms with van der Waals surface area (Å²) in [4.78, 5) is 10.1. The van der Waals surface area contributed by atoms with Gasteiger partial charge in [-0.15, -0.1) is 4.91 Å². The van der Waals surface area contributed by atoms with Crippen LogP contribution in [0.15, 0.2) is 23.4 Å². The number of nitroso groups, excluding NO2 is 1. The quantitative estimate of drug-likeness (QED) is 0.694. The van der Waals surface area contributed by atoms with Crippen molar-refractivity contribution in [3.05, 3.63) is 28.1 Å². The lowest BCUT2D eigenvalue weighted by Gasteiger charge is -1.99. The molecule has 0 aliphatic heterocycles. The van der Waals surface area contributed by atoms with Crippen LogP contribution < -0.4 is 5.32 Å². The molecule has 0 saturated heterocycles. The summed E-state index contributed by atoms with van der Waals surface area (Å²) >= 11 is 5.67. The molecule has 0 spiro atoms. The second kappa shape index (κ2) is 3.34. The van der Waals surface area contributed by atoms with Gasteiger partial charge >= 0.3 is 0 Å². The smallest absolute Gasteiger partial charge is 0.126 e. The van der Waals surface area contributed by atoms with E-state index in [0.29, 0.717) is 5.02 Å². The molecule has 0 amide bonds. The van der Waals surface area contributed by atoms with Crippen LogP contribution in [0.3, 0.4) is 0 Å². The maximum absolute atomic E-state index is 10.1. The zero-order valence-electron chi connectivity index (χ0n) is 5.97. The van der Waals surface area contributed by atoms with Crippen molar-refractivity contribution in [1.82, 2.24) is 0 Å². The van der Waals surface area contributed by atoms with Gasteiger partial charge in [-0.05, 0) is 23.4 Å². The minimum absolute atomic E-state index is 0.269. The molecule has 1 aromatic carbocycles. The summed E-state index contributed by atoms with van der Waals surface area (Å²) in [5.41, 5.74) is 1.13. The van der Waals surface area contributed by atoms with Crippen LogP contribution in [0.2, 0.25) is 5.02 Å². The Morgan fingerprint density at radius 2 is 2.27 bits per heavy atom. The molecule has 0 unspecified atom stereocenters. The zero-order chi connectivity index (χ0) is 8.27. The van der Waals surface area contributed by atoms with E-state index in [0.717, 1.165) is 5.69 Å². The first-order valence-electron chi connectivity index (χ1n) is 3.08. The molecular weight excluding hydrogens is 164 g/mol. The molecule has 0 radical (unpaired) electrons. The summed E-state index contributed by atoms with van der Waals surface area (Å²) in [6, 6.07) is 4.96. The Morgan fingerprint density at radius 1 is 1.55 bits per heavy atom. The fraction of sp³-hybridized carbons (Fsp3) is 0.143. The molecular formula is C7H7ClN2O. The van der Waals surface area contributed by atoms with Gasteiger partial charge in [0.25, 0.3) is 0 Å². The molecule has 0 heterocycles. The minimum Gasteiger partial charge on any atom is -0.388 e. The van der Waals surface area contributed by atoms with Crippen LogP contribution in [0, 0.1) is 4.91 Å². The first kappa shape index (κ1) is 8.01. The highest BCUT2D eigenvalue weighted by molar-refractivity contribution is 6.33. The number of anilines is 1. The summed E-state index contributed by atoms with van der Waals surface area (Å²) in [6.45, 7) is 0. The predicted molar refractivity (Wildman–Crippen MR) is 46.5 cm³/mol. The van der Waals surface area contributed by atoms with Crippen LogP contribution in [0.5, 0.6) is 0 Å². The van der Waals surface area contributed by atoms with Gasteiger partial charge in [0.1, 0.15) is 5.69 Å². The Kier molecular flexibility index (Phi) is 2.44. The number of nitrogens with zero attached hydrogens (tertiary/aromatic N) is 1. The van der Waals surface area contributed by atoms with Crippen molar-refractivity contribution < 1.29 is 0 Å². The minimum atomic E-state index is 0.269. The Labute approximate surface area is 69.3 Å². The third-order valence-corrected chi connectivity index (χ3v) is 1.64. The zero-order valence-corrected chi connectivity index (χ0v) is 6.72. The summed E-state index contributed by atoms with van der Waals surface area (Å²) in [5.74, 6) is 0. The topological polar surface area (TPSA) is 41.5 Å². The van der Waals surface area contributed by atoms with E-state index in [4.69, 9.17) is 11.6 Å². The van der Waals surface area contributed by atoms with Crippen LogP contribution in [0.1, 0.15) is 0 Å². The van der Waals surface area contributed by atoms with Gasteiger partial charge in [0.15, 0.2) is 0 Å². The summed E-state index contributed by atoms with van der Waals surface area (Å²) in [7, 11) is 1.78. The maximum atomic E-state index is 10.1. The summed E-state index contributed by atoms with van der Waals surface area (Å²) < 4.78 is 0. The average molecular weight is 171 g/mol. The molecule has 0 fully saturated rings. The van der Waals surface area contributed by atoms with Crippen molar-refractivity contribution in [2.75, 3.05) is 12.4 Å². The molecule has 0 bridgehead atoms. The van der Waals surface area contributed by atoms with E-state index >= 15 is 0 Å². The van der Waals surface area contributed by atoms with E-state index in [9.17, 15) is 4.91 Å². The Bertz CT molecular complexity index is 275. The number of halogens is 1. The summed E-state index contributed by atoms with van der Waals surface area (Å²) in [5, 5.41) is 5.99. The lowest BCUT2D eigenvalue weighted by atomic mass is 10.3. The van der Waals surface area contributed by atoms with Crippen LogP contribution >= 0.6 is 11.6 Å². The molecule has 0 aliphatic carbocycles. The molecule has 1 N–H and O–H groups in total. The van der Waals surface area contributed by atoms with Crippen LogP contribution in [-0.2, 0) is 0 Å². The number of hydrogen-bond donors (Lipinski definition) is 1. The van der Waals surface area contributed by atoms with Crippen LogP contribution in [0.4, 0.5) is 11.4 Å². The van der Waals surface area contributed by atoms with Gasteiger partial charge in [0.2, 0.25) is 0 Å². The van der Waals surface area contributed by atoms with Gasteiger partial charge in [0.05, 0.1) is 5.02 Å². The van der Waals surface area contributed by atoms with E-state index in [1.807, 2.05) is 0 Å². The molecule has 0 saturated carbocycles. The summed E-state index contributed by atoms with van der Waals surface area (Å²) in [6.07, 6.45) is 0. The van der Waals surface area contributed by atoms with Gasteiger partial charge < -0.3 is 5.32 Å². The average Bonchev–Trinajstić information content (AvgIpc) is 2.04. The lowest BCUT2D eigenvalue weighted by molar-refractivity contribution is 1.46. The van der Waals surface area contributed by atoms with Gasteiger partial charge in [0, 0.05) is 12.7 Å². The van der Waals surface area contributed by atoms with E-state index in [2.05, 4.69) is 10.5 Å². The highest BCUT2D eigenvalue weighted by Crippen LogP contribution is 2.27. The molecule has 1 rings (SSSR count). The first-order valence-corrected chi connectivity index (χ1v) is 3.46. The second-order valence-corrected chi connectivity index (χ2v) is 2.41. The Morgan fingerprint density at radius 3 is 2.73 bits per heavy atom. The van der Waals surface area contributed by atoms with E-state index in [-0.39, 0.29) is 5.69 Å². The highest BCUT2D eigenvalue weighted by atomic mass is 35.5. The first-order chi connectivity index (χ1) is 5.27. The monoisotopic (exact) mass is 170 g/mol. The predicted octanol–water partition coefficient (Wildman–Crippen LogP) is 2.78. The molecule has 3 nitrogen and oxygen atoms in total. The Balaban J connectivity index is 3.09. The number of nitrogens with one attached hydrogen (secondary N) is 1. The normalized spacial score (nSPS) is 9.27. The number of rotatable bonds is 2. The number of hydrogen-bond acceptors (Lipinski definition) is 3. The second-order valence-electron chi connectivity index (χ2n) is 2.01. The van der Waals surface area contributed by atoms with Gasteiger partial charge in [-0.2, -0.15) is 0 Å². The molecule has 4 heteroatoms. The van der Waals surface area contributed by atoms with Crippen LogP contribution in [-0.4, -0.2) is 7.05 Å². The molecule has 0 aliphatic rings. The van der Waals surface area contributed by atoms with Crippen molar-refractivity contribution in [2.24, 2.45) is 5.18 Å². The SMILES string of the molecule is CNc1ccc(N=O)c(Cl)c1. The molecule has 58 valence electrons. The number of benzene rings is 1. The van der Waals surface area contributed by atoms with Crippen LogP contribution in [0.25, 0.3) is 0 Å². The van der Waals surface area contributed by atoms with Crippen molar-refractivity contribution in [1.29, 1.82) is 0 Å². The molecule has 0 aromatic heterocycles. The van der Waals surface area contributed by atoms with E-state index < -0.39 is 0 Å². The molecule has 11 heavy (non-hydrogen) atoms. The Hall–Kier alpha value is -1.09. The van der Waals surface area contributed by atoms with Crippen molar-refractivity contribution in [3.63, 3.8) is 0 Å². The lowest BCUT2D eigenvalue weighted by Crippen LogP contribution is -1.86. The maximum Gasteiger partial charge on any atom is 0.126 e. The van der Waals surface area contributed by atoms with E-state index in [1.54, 1.807) is 25.2 Å². The fourth-order valence-corrected chi connectivity index (χ4v) is 0.951. The molecule has 0 atom stereocenters. The molecule has 1 aromatic rings. The van der Waals surface area contributed by atoms with Crippen molar-refractivity contribution >= 4 is 23.0 Å². The van der Waals surface area contributed by atoms with E-state index in [1.165, 1.54) is 0 Å². The van der Waals surface area contributed by atoms with Crippen molar-refractivity contribution in [2.45, 2.75) is 0 Å². The standard InChI is InChI=1S/C7H7ClN2O/c1-9-5-2-3-7(10-11)6(8)4-5/h2-4,9H,1H3. The van der Waals surface area contributed by atoms with Crippen molar-refractivity contribution in [3.8, 4) is 0 Å². The fourth-order valence-electron chi connectivity index (χ4n) is 0.736. The third-order valence-electron chi connectivity index (χ3n) is 1.33. The highest BCUT2D eigenvalue weighted by Gasteiger charge is 1.99. The largest absolute Gasteiger partial charge is 0.388 e. The van der Waals surface area contributed by atoms with Gasteiger partial charge in [-0.25, -0.2) is 0 Å².